The van der Waals surface area contributed by atoms with Gasteiger partial charge in [-0.25, -0.2) is 31.6 Å². The number of aryl methyl sites for hydroxylation is 1. The number of nitrogens with one attached hydrogen (secondary N) is 4. The first-order chi connectivity index (χ1) is 37.2. The van der Waals surface area contributed by atoms with Gasteiger partial charge in [0, 0.05) is 99.4 Å². The van der Waals surface area contributed by atoms with Gasteiger partial charge in [-0.1, -0.05) is 57.2 Å². The van der Waals surface area contributed by atoms with Gasteiger partial charge in [0.15, 0.2) is 5.82 Å². The van der Waals surface area contributed by atoms with Crippen molar-refractivity contribution < 1.29 is 45.9 Å². The maximum atomic E-state index is 15.8. The molecule has 1 aliphatic carbocycles. The number of amides is 3. The number of hydrogen-bond acceptors (Lipinski definition) is 13. The van der Waals surface area contributed by atoms with Crippen LogP contribution in [0.3, 0.4) is 0 Å². The summed E-state index contributed by atoms with van der Waals surface area (Å²) in [5.41, 5.74) is 5.18. The molecule has 5 N–H and O–H groups in total. The zero-order valence-electron chi connectivity index (χ0n) is 43.8. The summed E-state index contributed by atoms with van der Waals surface area (Å²) in [6, 6.07) is 17.6. The standard InChI is InChI=1S/C56H63F3N10O7S2/c1-32-51(77-31-63-32)35-7-5-33(6-8-35)24-62-54(73)46-23-40(70)29-69(46)55(74)52(56(2,3)4)64-47(71)30-66-27-39(28-66)68-19-17-67(18-20-68)38-12-9-34(10-13-38)36-21-42-43(26-61-53(42)60-25-36)50(72)48-44(58)15-16-45(49(48)59)65-78(75,76)41-14-11-37(57)22-41/h5-10,12-13,15-16,21,25-26,31,37,39-41,46,52,65,70H,11,14,17-20,22-24,27-30H2,1-4H3,(H,60,61)(H,62,73)(H,64,71)/t37-,40-,41?,46+,52?/m1/s1. The second kappa shape index (κ2) is 22.2. The summed E-state index contributed by atoms with van der Waals surface area (Å²) >= 11 is 1.57. The number of likely N-dealkylation sites (tertiary alicyclic amines) is 2. The number of piperazine rings is 1. The molecule has 10 rings (SSSR count). The van der Waals surface area contributed by atoms with Crippen LogP contribution in [0.5, 0.6) is 0 Å². The van der Waals surface area contributed by atoms with E-state index in [1.807, 2.05) is 81.7 Å². The maximum absolute atomic E-state index is 15.8. The van der Waals surface area contributed by atoms with E-state index >= 15 is 8.78 Å². The second-order valence-electron chi connectivity index (χ2n) is 22.0. The molecule has 78 heavy (non-hydrogen) atoms. The van der Waals surface area contributed by atoms with Crippen LogP contribution in [-0.4, -0.2) is 155 Å². The molecule has 17 nitrogen and oxygen atoms in total. The Morgan fingerprint density at radius 2 is 1.62 bits per heavy atom. The third kappa shape index (κ3) is 11.5. The Morgan fingerprint density at radius 3 is 2.28 bits per heavy atom. The summed E-state index contributed by atoms with van der Waals surface area (Å²) in [7, 11) is -4.21. The fourth-order valence-corrected chi connectivity index (χ4v) is 13.4. The lowest BCUT2D eigenvalue weighted by molar-refractivity contribution is -0.144. The number of β-amino-alcohol motifs (C(OH)–C–C–N with tert-alkyl or cyclic N) is 1. The zero-order chi connectivity index (χ0) is 55.2. The lowest BCUT2D eigenvalue weighted by atomic mass is 9.85. The molecule has 4 fully saturated rings. The fraction of sp³-hybridized carbons (Fsp3) is 0.429. The molecule has 0 bridgehead atoms. The Kier molecular flexibility index (Phi) is 15.5. The number of carbonyl (C=O) groups is 4. The number of anilines is 2. The molecule has 22 heteroatoms. The van der Waals surface area contributed by atoms with Gasteiger partial charge in [-0.05, 0) is 78.6 Å². The van der Waals surface area contributed by atoms with Crippen LogP contribution in [0.1, 0.15) is 73.6 Å². The number of rotatable bonds is 16. The molecule has 6 heterocycles. The number of H-pyrrole nitrogens is 1. The molecule has 3 amide bonds. The van der Waals surface area contributed by atoms with Crippen molar-refractivity contribution in [3.63, 3.8) is 0 Å². The predicted molar refractivity (Wildman–Crippen MR) is 292 cm³/mol. The van der Waals surface area contributed by atoms with Gasteiger partial charge in [0.2, 0.25) is 33.5 Å². The second-order valence-corrected chi connectivity index (χ2v) is 24.8. The van der Waals surface area contributed by atoms with Crippen LogP contribution in [0, 0.1) is 24.0 Å². The van der Waals surface area contributed by atoms with Crippen LogP contribution in [-0.2, 0) is 31.0 Å². The number of thiazole rings is 1. The van der Waals surface area contributed by atoms with Crippen LogP contribution in [0.4, 0.5) is 24.5 Å². The number of sulfonamides is 1. The number of hydrogen-bond donors (Lipinski definition) is 5. The smallest absolute Gasteiger partial charge is 0.246 e. The van der Waals surface area contributed by atoms with Gasteiger partial charge in [-0.2, -0.15) is 0 Å². The number of aromatic nitrogens is 3. The minimum atomic E-state index is -4.21. The highest BCUT2D eigenvalue weighted by Gasteiger charge is 2.45. The van der Waals surface area contributed by atoms with E-state index in [2.05, 4.69) is 45.0 Å². The number of carbonyl (C=O) groups excluding carboxylic acids is 4. The molecular formula is C56H63F3N10O7S2. The molecule has 3 aromatic heterocycles. The zero-order valence-corrected chi connectivity index (χ0v) is 45.4. The normalized spacial score (nSPS) is 20.9. The predicted octanol–water partition coefficient (Wildman–Crippen LogP) is 6.42. The number of aliphatic hydroxyl groups excluding tert-OH is 1. The van der Waals surface area contributed by atoms with Crippen LogP contribution < -0.4 is 20.3 Å². The first-order valence-electron chi connectivity index (χ1n) is 26.2. The Bertz CT molecular complexity index is 3340. The molecule has 412 valence electrons. The molecule has 1 saturated carbocycles. The van der Waals surface area contributed by atoms with Crippen molar-refractivity contribution in [2.75, 3.05) is 62.0 Å². The molecular weight excluding hydrogens is 1050 g/mol. The summed E-state index contributed by atoms with van der Waals surface area (Å²) in [5, 5.41) is 15.8. The number of aromatic amines is 1. The van der Waals surface area contributed by atoms with Gasteiger partial charge < -0.3 is 30.5 Å². The van der Waals surface area contributed by atoms with Gasteiger partial charge in [0.05, 0.1) is 45.2 Å². The van der Waals surface area contributed by atoms with E-state index in [4.69, 9.17) is 0 Å². The van der Waals surface area contributed by atoms with E-state index in [1.165, 1.54) is 11.1 Å². The number of nitrogens with zero attached hydrogens (tertiary/aromatic N) is 6. The summed E-state index contributed by atoms with van der Waals surface area (Å²) in [5.74, 6) is -4.62. The first-order valence-corrected chi connectivity index (χ1v) is 28.7. The quantitative estimate of drug-likeness (QED) is 0.0665. The summed E-state index contributed by atoms with van der Waals surface area (Å²) in [4.78, 5) is 76.1. The fourth-order valence-electron chi connectivity index (χ4n) is 11.0. The highest BCUT2D eigenvalue weighted by molar-refractivity contribution is 7.93. The van der Waals surface area contributed by atoms with Crippen LogP contribution in [0.25, 0.3) is 32.6 Å². The maximum Gasteiger partial charge on any atom is 0.246 e. The van der Waals surface area contributed by atoms with E-state index < -0.39 is 79.6 Å². The van der Waals surface area contributed by atoms with Gasteiger partial charge in [-0.3, -0.25) is 33.7 Å². The average Bonchev–Trinajstić information content (AvgIpc) is 4.30. The molecule has 3 aromatic carbocycles. The molecule has 0 spiro atoms. The van der Waals surface area contributed by atoms with Crippen molar-refractivity contribution in [1.82, 2.24) is 40.3 Å². The monoisotopic (exact) mass is 1110 g/mol. The van der Waals surface area contributed by atoms with E-state index in [-0.39, 0.29) is 68.7 Å². The Labute approximate surface area is 454 Å². The number of alkyl halides is 1. The highest BCUT2D eigenvalue weighted by Crippen LogP contribution is 2.34. The third-order valence-corrected chi connectivity index (χ3v) is 18.3. The van der Waals surface area contributed by atoms with E-state index in [1.54, 1.807) is 23.6 Å². The van der Waals surface area contributed by atoms with Gasteiger partial charge in [-0.15, -0.1) is 11.3 Å². The molecule has 3 saturated heterocycles. The average molecular weight is 1110 g/mol. The molecule has 2 unspecified atom stereocenters. The number of halogens is 3. The van der Waals surface area contributed by atoms with Crippen molar-refractivity contribution in [3.05, 3.63) is 119 Å². The van der Waals surface area contributed by atoms with Gasteiger partial charge >= 0.3 is 0 Å². The lowest BCUT2D eigenvalue weighted by Gasteiger charge is -2.48. The minimum absolute atomic E-state index is 0.0113. The Balaban J connectivity index is 0.698. The first kappa shape index (κ1) is 54.6. The summed E-state index contributed by atoms with van der Waals surface area (Å²) in [6.07, 6.45) is 0.759. The SMILES string of the molecule is Cc1ncsc1-c1ccc(CNC(=O)[C@@H]2C[C@@H](O)CN2C(=O)C(NC(=O)CN2CC(N3CCN(c4ccc(-c5cnc6[nH]cc(C(=O)c7c(F)ccc(NS(=O)(=O)C8CC[C@@H](F)C8)c7F)c6c5)cc4)CC3)C2)C(C)(C)C)cc1. The Morgan fingerprint density at radius 1 is 0.897 bits per heavy atom. The lowest BCUT2D eigenvalue weighted by Crippen LogP contribution is -2.65. The largest absolute Gasteiger partial charge is 0.391 e. The van der Waals surface area contributed by atoms with Crippen molar-refractivity contribution in [2.45, 2.75) is 95.6 Å². The number of fused-ring (bicyclic) bond motifs is 1. The summed E-state index contributed by atoms with van der Waals surface area (Å²) < 4.78 is 72.8. The molecule has 6 aromatic rings. The molecule has 3 aliphatic heterocycles. The van der Waals surface area contributed by atoms with Crippen molar-refractivity contribution in [1.29, 1.82) is 0 Å². The number of pyridine rings is 1. The summed E-state index contributed by atoms with van der Waals surface area (Å²) in [6.45, 7) is 12.5. The number of benzene rings is 3. The van der Waals surface area contributed by atoms with Crippen molar-refractivity contribution >= 4 is 67.3 Å². The van der Waals surface area contributed by atoms with Crippen LogP contribution in [0.2, 0.25) is 0 Å². The molecule has 5 atom stereocenters. The topological polar surface area (TPSA) is 213 Å². The Hall–Kier alpha value is -6.72. The van der Waals surface area contributed by atoms with Crippen molar-refractivity contribution in [2.24, 2.45) is 5.41 Å². The van der Waals surface area contributed by atoms with Crippen LogP contribution >= 0.6 is 11.3 Å². The van der Waals surface area contributed by atoms with E-state index in [0.29, 0.717) is 29.7 Å². The van der Waals surface area contributed by atoms with Crippen LogP contribution in [0.15, 0.2) is 84.6 Å². The van der Waals surface area contributed by atoms with E-state index in [9.17, 15) is 37.1 Å². The highest BCUT2D eigenvalue weighted by atomic mass is 32.2. The van der Waals surface area contributed by atoms with E-state index in [0.717, 1.165) is 71.3 Å². The number of aliphatic hydroxyl groups is 1. The molecule has 4 aliphatic rings. The number of ketones is 1. The van der Waals surface area contributed by atoms with Gasteiger partial charge in [0.1, 0.15) is 29.7 Å². The molecule has 0 radical (unpaired) electrons. The minimum Gasteiger partial charge on any atom is -0.391 e. The van der Waals surface area contributed by atoms with Crippen molar-refractivity contribution in [3.8, 4) is 21.6 Å². The van der Waals surface area contributed by atoms with Gasteiger partial charge in [0.25, 0.3) is 0 Å². The third-order valence-electron chi connectivity index (χ3n) is 15.5.